The van der Waals surface area contributed by atoms with Crippen LogP contribution in [0.3, 0.4) is 0 Å². The number of carbonyl (C=O) groups excluding carboxylic acids is 1. The Hall–Kier alpha value is -0.610. The number of hydrogen-bond donors (Lipinski definition) is 2. The minimum Gasteiger partial charge on any atom is -0.356 e. The lowest BCUT2D eigenvalue weighted by Crippen LogP contribution is -2.45. The minimum atomic E-state index is -0.360. The van der Waals surface area contributed by atoms with Gasteiger partial charge in [-0.25, -0.2) is 0 Å². The molecule has 4 heteroatoms. The molecule has 0 rings (SSSR count). The molecule has 0 spiro atoms. The van der Waals surface area contributed by atoms with Gasteiger partial charge in [0.1, 0.15) is 0 Å². The van der Waals surface area contributed by atoms with Crippen LogP contribution in [-0.4, -0.2) is 44.5 Å². The number of amides is 1. The fourth-order valence-corrected chi connectivity index (χ4v) is 1.89. The van der Waals surface area contributed by atoms with E-state index in [0.717, 1.165) is 38.8 Å². The zero-order valence-corrected chi connectivity index (χ0v) is 11.9. The van der Waals surface area contributed by atoms with Crippen LogP contribution < -0.4 is 11.1 Å². The first-order valence-corrected chi connectivity index (χ1v) is 6.65. The van der Waals surface area contributed by atoms with Crippen molar-refractivity contribution in [3.8, 4) is 0 Å². The van der Waals surface area contributed by atoms with Crippen molar-refractivity contribution in [1.29, 1.82) is 0 Å². The first-order chi connectivity index (χ1) is 8.02. The summed E-state index contributed by atoms with van der Waals surface area (Å²) in [6, 6.07) is 0. The van der Waals surface area contributed by atoms with Gasteiger partial charge < -0.3 is 16.0 Å². The summed E-state index contributed by atoms with van der Waals surface area (Å²) in [5.74, 6) is 0.120. The molecule has 0 unspecified atom stereocenters. The number of rotatable bonds is 9. The van der Waals surface area contributed by atoms with Gasteiger partial charge in [-0.05, 0) is 46.3 Å². The van der Waals surface area contributed by atoms with E-state index in [4.69, 9.17) is 5.73 Å². The molecule has 0 fully saturated rings. The van der Waals surface area contributed by atoms with Gasteiger partial charge in [0, 0.05) is 13.1 Å². The van der Waals surface area contributed by atoms with Gasteiger partial charge in [0.15, 0.2) is 0 Å². The summed E-state index contributed by atoms with van der Waals surface area (Å²) in [5, 5.41) is 3.01. The molecule has 0 aliphatic carbocycles. The van der Waals surface area contributed by atoms with Crippen LogP contribution in [0.25, 0.3) is 0 Å². The summed E-state index contributed by atoms with van der Waals surface area (Å²) in [7, 11) is 4.12. The van der Waals surface area contributed by atoms with Crippen LogP contribution >= 0.6 is 0 Å². The number of nitrogens with one attached hydrogen (secondary N) is 1. The van der Waals surface area contributed by atoms with Gasteiger partial charge in [0.25, 0.3) is 0 Å². The second kappa shape index (κ2) is 8.48. The Kier molecular flexibility index (Phi) is 8.17. The molecule has 0 aromatic heterocycles. The molecule has 17 heavy (non-hydrogen) atoms. The molecule has 0 aliphatic rings. The standard InChI is InChI=1S/C13H29N3O/c1-5-13(6-2,11-14)12(17)15-9-7-8-10-16(3)4/h5-11,14H2,1-4H3,(H,15,17). The Bertz CT molecular complexity index is 204. The number of unbranched alkanes of at least 4 members (excludes halogenated alkanes) is 1. The fraction of sp³-hybridized carbons (Fsp3) is 0.923. The lowest BCUT2D eigenvalue weighted by Gasteiger charge is -2.28. The Morgan fingerprint density at radius 1 is 1.24 bits per heavy atom. The second-order valence-electron chi connectivity index (χ2n) is 4.96. The van der Waals surface area contributed by atoms with Crippen LogP contribution in [0.5, 0.6) is 0 Å². The molecule has 0 saturated carbocycles. The van der Waals surface area contributed by atoms with Gasteiger partial charge in [-0.2, -0.15) is 0 Å². The molecule has 0 bridgehead atoms. The van der Waals surface area contributed by atoms with E-state index in [9.17, 15) is 4.79 Å². The van der Waals surface area contributed by atoms with E-state index in [-0.39, 0.29) is 11.3 Å². The van der Waals surface area contributed by atoms with E-state index in [0.29, 0.717) is 6.54 Å². The molecular weight excluding hydrogens is 214 g/mol. The van der Waals surface area contributed by atoms with Crippen molar-refractivity contribution in [3.05, 3.63) is 0 Å². The fourth-order valence-electron chi connectivity index (χ4n) is 1.89. The summed E-state index contributed by atoms with van der Waals surface area (Å²) < 4.78 is 0. The van der Waals surface area contributed by atoms with Crippen LogP contribution in [0.2, 0.25) is 0 Å². The SMILES string of the molecule is CCC(CC)(CN)C(=O)NCCCCN(C)C. The Balaban J connectivity index is 3.91. The third-order valence-corrected chi connectivity index (χ3v) is 3.54. The predicted molar refractivity (Wildman–Crippen MR) is 72.9 cm³/mol. The molecule has 102 valence electrons. The van der Waals surface area contributed by atoms with Crippen molar-refractivity contribution in [2.45, 2.75) is 39.5 Å². The van der Waals surface area contributed by atoms with Crippen molar-refractivity contribution in [3.63, 3.8) is 0 Å². The zero-order chi connectivity index (χ0) is 13.3. The summed E-state index contributed by atoms with van der Waals surface area (Å²) in [6.07, 6.45) is 3.76. The molecule has 4 nitrogen and oxygen atoms in total. The Labute approximate surface area is 106 Å². The van der Waals surface area contributed by atoms with E-state index >= 15 is 0 Å². The quantitative estimate of drug-likeness (QED) is 0.598. The van der Waals surface area contributed by atoms with Crippen LogP contribution in [0, 0.1) is 5.41 Å². The Morgan fingerprint density at radius 2 is 1.82 bits per heavy atom. The average molecular weight is 243 g/mol. The van der Waals surface area contributed by atoms with Gasteiger partial charge in [-0.15, -0.1) is 0 Å². The monoisotopic (exact) mass is 243 g/mol. The normalized spacial score (nSPS) is 11.9. The minimum absolute atomic E-state index is 0.120. The largest absolute Gasteiger partial charge is 0.356 e. The van der Waals surface area contributed by atoms with Gasteiger partial charge in [-0.1, -0.05) is 13.8 Å². The Morgan fingerprint density at radius 3 is 2.24 bits per heavy atom. The number of hydrogen-bond acceptors (Lipinski definition) is 3. The summed E-state index contributed by atoms with van der Waals surface area (Å²) in [5.41, 5.74) is 5.37. The number of carbonyl (C=O) groups is 1. The molecule has 3 N–H and O–H groups in total. The second-order valence-corrected chi connectivity index (χ2v) is 4.96. The van der Waals surface area contributed by atoms with E-state index in [2.05, 4.69) is 24.3 Å². The molecule has 0 aromatic carbocycles. The van der Waals surface area contributed by atoms with E-state index in [1.807, 2.05) is 13.8 Å². The summed E-state index contributed by atoms with van der Waals surface area (Å²) in [6.45, 7) is 6.32. The van der Waals surface area contributed by atoms with Crippen molar-refractivity contribution in [1.82, 2.24) is 10.2 Å². The molecular formula is C13H29N3O. The maximum atomic E-state index is 12.1. The lowest BCUT2D eigenvalue weighted by molar-refractivity contribution is -0.131. The molecule has 0 radical (unpaired) electrons. The van der Waals surface area contributed by atoms with Crippen LogP contribution in [0.1, 0.15) is 39.5 Å². The maximum absolute atomic E-state index is 12.1. The van der Waals surface area contributed by atoms with Gasteiger partial charge in [0.05, 0.1) is 5.41 Å². The van der Waals surface area contributed by atoms with Gasteiger partial charge in [-0.3, -0.25) is 4.79 Å². The van der Waals surface area contributed by atoms with Crippen molar-refractivity contribution < 1.29 is 4.79 Å². The third kappa shape index (κ3) is 5.50. The van der Waals surface area contributed by atoms with Gasteiger partial charge in [0.2, 0.25) is 5.91 Å². The highest BCUT2D eigenvalue weighted by molar-refractivity contribution is 5.82. The summed E-state index contributed by atoms with van der Waals surface area (Å²) >= 11 is 0. The molecule has 0 saturated heterocycles. The van der Waals surface area contributed by atoms with Gasteiger partial charge >= 0.3 is 0 Å². The number of nitrogens with zero attached hydrogens (tertiary/aromatic N) is 1. The van der Waals surface area contributed by atoms with Crippen molar-refractivity contribution >= 4 is 5.91 Å². The first kappa shape index (κ1) is 16.4. The third-order valence-electron chi connectivity index (χ3n) is 3.54. The molecule has 0 atom stereocenters. The highest BCUT2D eigenvalue weighted by Gasteiger charge is 2.32. The van der Waals surface area contributed by atoms with Crippen LogP contribution in [-0.2, 0) is 4.79 Å². The van der Waals surface area contributed by atoms with E-state index in [1.54, 1.807) is 0 Å². The maximum Gasteiger partial charge on any atom is 0.227 e. The summed E-state index contributed by atoms with van der Waals surface area (Å²) in [4.78, 5) is 14.2. The smallest absolute Gasteiger partial charge is 0.227 e. The van der Waals surface area contributed by atoms with Crippen LogP contribution in [0.4, 0.5) is 0 Å². The number of nitrogens with two attached hydrogens (primary N) is 1. The topological polar surface area (TPSA) is 58.4 Å². The average Bonchev–Trinajstić information content (AvgIpc) is 2.31. The highest BCUT2D eigenvalue weighted by Crippen LogP contribution is 2.24. The molecule has 0 heterocycles. The lowest BCUT2D eigenvalue weighted by atomic mass is 9.81. The van der Waals surface area contributed by atoms with Crippen LogP contribution in [0.15, 0.2) is 0 Å². The highest BCUT2D eigenvalue weighted by atomic mass is 16.2. The van der Waals surface area contributed by atoms with E-state index < -0.39 is 0 Å². The molecule has 1 amide bonds. The molecule has 0 aliphatic heterocycles. The first-order valence-electron chi connectivity index (χ1n) is 6.65. The predicted octanol–water partition coefficient (Wildman–Crippen LogP) is 1.21. The zero-order valence-electron chi connectivity index (χ0n) is 11.9. The van der Waals surface area contributed by atoms with Crippen molar-refractivity contribution in [2.75, 3.05) is 33.7 Å². The van der Waals surface area contributed by atoms with E-state index in [1.165, 1.54) is 0 Å². The molecule has 0 aromatic rings. The van der Waals surface area contributed by atoms with Crippen molar-refractivity contribution in [2.24, 2.45) is 11.1 Å².